The van der Waals surface area contributed by atoms with E-state index >= 15 is 0 Å². The van der Waals surface area contributed by atoms with E-state index in [1.54, 1.807) is 13.0 Å². The van der Waals surface area contributed by atoms with Crippen molar-refractivity contribution >= 4 is 5.84 Å². The van der Waals surface area contributed by atoms with E-state index in [1.165, 1.54) is 13.2 Å². The monoisotopic (exact) mass is 196 g/mol. The molecule has 1 rings (SSSR count). The molecule has 0 fully saturated rings. The molecule has 3 N–H and O–H groups in total. The number of halogens is 1. The lowest BCUT2D eigenvalue weighted by Crippen LogP contribution is -2.13. The first-order valence-electron chi connectivity index (χ1n) is 4.20. The fourth-order valence-corrected chi connectivity index (χ4v) is 1.23. The average Bonchev–Trinajstić information content (AvgIpc) is 2.10. The largest absolute Gasteiger partial charge is 0.496 e. The van der Waals surface area contributed by atoms with Crippen LogP contribution in [0.2, 0.25) is 0 Å². The second-order valence-electron chi connectivity index (χ2n) is 3.12. The Bertz CT molecular complexity index is 363. The Labute approximate surface area is 82.2 Å². The smallest absolute Gasteiger partial charge is 0.126 e. The number of amidine groups is 1. The van der Waals surface area contributed by atoms with Crippen molar-refractivity contribution in [3.05, 3.63) is 29.1 Å². The fourth-order valence-electron chi connectivity index (χ4n) is 1.23. The van der Waals surface area contributed by atoms with Gasteiger partial charge in [-0.15, -0.1) is 0 Å². The number of nitrogens with one attached hydrogen (secondary N) is 1. The summed E-state index contributed by atoms with van der Waals surface area (Å²) in [5.74, 6) is 0.257. The zero-order valence-electron chi connectivity index (χ0n) is 8.23. The van der Waals surface area contributed by atoms with Gasteiger partial charge in [0, 0.05) is 12.0 Å². The van der Waals surface area contributed by atoms with Crippen molar-refractivity contribution in [2.75, 3.05) is 7.11 Å². The molecule has 0 atom stereocenters. The predicted molar refractivity (Wildman–Crippen MR) is 53.3 cm³/mol. The summed E-state index contributed by atoms with van der Waals surface area (Å²) < 4.78 is 18.2. The van der Waals surface area contributed by atoms with Gasteiger partial charge in [-0.25, -0.2) is 4.39 Å². The highest BCUT2D eigenvalue weighted by atomic mass is 19.1. The maximum absolute atomic E-state index is 13.2. The highest BCUT2D eigenvalue weighted by Gasteiger charge is 2.08. The second kappa shape index (κ2) is 4.09. The van der Waals surface area contributed by atoms with E-state index in [0.29, 0.717) is 16.9 Å². The van der Waals surface area contributed by atoms with Crippen LogP contribution in [0.3, 0.4) is 0 Å². The highest BCUT2D eigenvalue weighted by molar-refractivity contribution is 5.80. The van der Waals surface area contributed by atoms with Crippen molar-refractivity contribution < 1.29 is 9.13 Å². The molecule has 0 unspecified atom stereocenters. The van der Waals surface area contributed by atoms with E-state index in [2.05, 4.69) is 0 Å². The molecule has 0 radical (unpaired) electrons. The number of rotatable bonds is 3. The van der Waals surface area contributed by atoms with E-state index in [1.807, 2.05) is 0 Å². The Balaban J connectivity index is 3.13. The van der Waals surface area contributed by atoms with Gasteiger partial charge in [0.25, 0.3) is 0 Å². The lowest BCUT2D eigenvalue weighted by atomic mass is 10.1. The van der Waals surface area contributed by atoms with Gasteiger partial charge < -0.3 is 10.5 Å². The summed E-state index contributed by atoms with van der Waals surface area (Å²) in [5, 5.41) is 7.13. The van der Waals surface area contributed by atoms with Crippen LogP contribution >= 0.6 is 0 Å². The predicted octanol–water partition coefficient (Wildman–Crippen LogP) is 1.62. The van der Waals surface area contributed by atoms with Gasteiger partial charge in [0.1, 0.15) is 11.6 Å². The Morgan fingerprint density at radius 1 is 1.57 bits per heavy atom. The van der Waals surface area contributed by atoms with Crippen molar-refractivity contribution in [2.45, 2.75) is 13.3 Å². The zero-order valence-corrected chi connectivity index (χ0v) is 8.23. The van der Waals surface area contributed by atoms with Gasteiger partial charge >= 0.3 is 0 Å². The quantitative estimate of drug-likeness (QED) is 0.570. The normalized spacial score (nSPS) is 9.93. The number of methoxy groups -OCH3 is 1. The van der Waals surface area contributed by atoms with Gasteiger partial charge in [-0.1, -0.05) is 0 Å². The minimum atomic E-state index is -0.304. The topological polar surface area (TPSA) is 59.1 Å². The lowest BCUT2D eigenvalue weighted by Gasteiger charge is -2.09. The number of ether oxygens (including phenoxy) is 1. The molecule has 1 aromatic carbocycles. The van der Waals surface area contributed by atoms with Crippen molar-refractivity contribution in [1.82, 2.24) is 0 Å². The summed E-state index contributed by atoms with van der Waals surface area (Å²) in [5.41, 5.74) is 6.36. The molecule has 0 amide bonds. The minimum absolute atomic E-state index is 0.00782. The van der Waals surface area contributed by atoms with Gasteiger partial charge in [0.05, 0.1) is 12.9 Å². The van der Waals surface area contributed by atoms with Crippen molar-refractivity contribution in [3.63, 3.8) is 0 Å². The molecule has 0 aliphatic heterocycles. The second-order valence-corrected chi connectivity index (χ2v) is 3.12. The molecule has 0 bridgehead atoms. The van der Waals surface area contributed by atoms with Gasteiger partial charge in [0.2, 0.25) is 0 Å². The third kappa shape index (κ3) is 2.22. The summed E-state index contributed by atoms with van der Waals surface area (Å²) in [6, 6.07) is 2.96. The number of benzene rings is 1. The van der Waals surface area contributed by atoms with Gasteiger partial charge in [-0.2, -0.15) is 0 Å². The van der Waals surface area contributed by atoms with Crippen LogP contribution in [0.4, 0.5) is 4.39 Å². The van der Waals surface area contributed by atoms with Crippen molar-refractivity contribution in [1.29, 1.82) is 5.41 Å². The standard InChI is InChI=1S/C10H13FN2O/c1-6-3-9(14-2)7(4-8(6)11)5-10(12)13/h3-4H,5H2,1-2H3,(H3,12,13). The summed E-state index contributed by atoms with van der Waals surface area (Å²) in [6.45, 7) is 1.66. The van der Waals surface area contributed by atoms with E-state index in [0.717, 1.165) is 0 Å². The molecular formula is C10H13FN2O. The van der Waals surface area contributed by atoms with E-state index in [4.69, 9.17) is 15.9 Å². The third-order valence-electron chi connectivity index (χ3n) is 1.94. The van der Waals surface area contributed by atoms with Crippen molar-refractivity contribution in [2.24, 2.45) is 5.73 Å². The van der Waals surface area contributed by atoms with Gasteiger partial charge in [-0.05, 0) is 24.6 Å². The molecule has 14 heavy (non-hydrogen) atoms. The maximum atomic E-state index is 13.2. The van der Waals surface area contributed by atoms with Crippen LogP contribution in [-0.2, 0) is 6.42 Å². The molecule has 4 heteroatoms. The van der Waals surface area contributed by atoms with Crippen molar-refractivity contribution in [3.8, 4) is 5.75 Å². The van der Waals surface area contributed by atoms with Crippen LogP contribution in [0.15, 0.2) is 12.1 Å². The summed E-state index contributed by atoms with van der Waals surface area (Å²) >= 11 is 0. The van der Waals surface area contributed by atoms with E-state index in [9.17, 15) is 4.39 Å². The minimum Gasteiger partial charge on any atom is -0.496 e. The Kier molecular flexibility index (Phi) is 3.06. The molecular weight excluding hydrogens is 183 g/mol. The molecule has 0 aliphatic carbocycles. The first-order chi connectivity index (χ1) is 6.54. The molecule has 0 aromatic heterocycles. The number of nitrogens with two attached hydrogens (primary N) is 1. The zero-order chi connectivity index (χ0) is 10.7. The highest BCUT2D eigenvalue weighted by Crippen LogP contribution is 2.22. The van der Waals surface area contributed by atoms with Crippen LogP contribution in [0.1, 0.15) is 11.1 Å². The first kappa shape index (κ1) is 10.5. The van der Waals surface area contributed by atoms with Crippen LogP contribution in [0, 0.1) is 18.2 Å². The number of aryl methyl sites for hydroxylation is 1. The Hall–Kier alpha value is -1.58. The average molecular weight is 196 g/mol. The summed E-state index contributed by atoms with van der Waals surface area (Å²) in [4.78, 5) is 0. The summed E-state index contributed by atoms with van der Waals surface area (Å²) in [6.07, 6.45) is 0.209. The molecule has 0 spiro atoms. The van der Waals surface area contributed by atoms with Crippen LogP contribution in [-0.4, -0.2) is 12.9 Å². The lowest BCUT2D eigenvalue weighted by molar-refractivity contribution is 0.409. The van der Waals surface area contributed by atoms with Crippen LogP contribution in [0.5, 0.6) is 5.75 Å². The van der Waals surface area contributed by atoms with E-state index < -0.39 is 0 Å². The molecule has 0 saturated heterocycles. The number of hydrogen-bond donors (Lipinski definition) is 2. The SMILES string of the molecule is COc1cc(C)c(F)cc1CC(=N)N. The van der Waals surface area contributed by atoms with E-state index in [-0.39, 0.29) is 18.1 Å². The van der Waals surface area contributed by atoms with Crippen LogP contribution in [0.25, 0.3) is 0 Å². The Morgan fingerprint density at radius 3 is 2.71 bits per heavy atom. The Morgan fingerprint density at radius 2 is 2.21 bits per heavy atom. The molecule has 76 valence electrons. The molecule has 1 aromatic rings. The first-order valence-corrected chi connectivity index (χ1v) is 4.20. The molecule has 3 nitrogen and oxygen atoms in total. The molecule has 0 heterocycles. The number of hydrogen-bond acceptors (Lipinski definition) is 2. The van der Waals surface area contributed by atoms with Crippen LogP contribution < -0.4 is 10.5 Å². The molecule has 0 saturated carbocycles. The molecule has 0 aliphatic rings. The summed E-state index contributed by atoms with van der Waals surface area (Å²) in [7, 11) is 1.51. The van der Waals surface area contributed by atoms with Gasteiger partial charge in [-0.3, -0.25) is 5.41 Å². The van der Waals surface area contributed by atoms with Gasteiger partial charge in [0.15, 0.2) is 0 Å². The third-order valence-corrected chi connectivity index (χ3v) is 1.94. The maximum Gasteiger partial charge on any atom is 0.126 e. The fraction of sp³-hybridized carbons (Fsp3) is 0.300.